The summed E-state index contributed by atoms with van der Waals surface area (Å²) in [6.07, 6.45) is 0.860. The minimum atomic E-state index is -0.796. The first-order chi connectivity index (χ1) is 8.54. The first-order valence-electron chi connectivity index (χ1n) is 5.23. The number of benzene rings is 1. The molecule has 0 amide bonds. The molecule has 0 radical (unpaired) electrons. The van der Waals surface area contributed by atoms with Crippen molar-refractivity contribution in [2.45, 2.75) is 6.10 Å². The number of hydrogen-bond acceptors (Lipinski definition) is 3. The van der Waals surface area contributed by atoms with Gasteiger partial charge in [-0.25, -0.2) is 0 Å². The summed E-state index contributed by atoms with van der Waals surface area (Å²) < 4.78 is 8.59. The summed E-state index contributed by atoms with van der Waals surface area (Å²) in [5.41, 5.74) is 1.39. The van der Waals surface area contributed by atoms with Gasteiger partial charge in [0.2, 0.25) is 0 Å². The lowest BCUT2D eigenvalue weighted by Gasteiger charge is -2.16. The van der Waals surface area contributed by atoms with Crippen molar-refractivity contribution in [1.82, 2.24) is 9.78 Å². The first-order valence-corrected chi connectivity index (χ1v) is 6.82. The number of nitrogens with zero attached hydrogens (tertiary/aromatic N) is 2. The van der Waals surface area contributed by atoms with Gasteiger partial charge >= 0.3 is 0 Å². The highest BCUT2D eigenvalue weighted by molar-refractivity contribution is 9.10. The molecule has 0 saturated carbocycles. The third kappa shape index (κ3) is 2.46. The Morgan fingerprint density at radius 1 is 1.39 bits per heavy atom. The molecule has 2 aromatic rings. The third-order valence-corrected chi connectivity index (χ3v) is 3.79. The molecule has 0 saturated heterocycles. The van der Waals surface area contributed by atoms with Crippen LogP contribution in [0.5, 0.6) is 5.75 Å². The number of aromatic nitrogens is 2. The molecule has 0 aliphatic heterocycles. The van der Waals surface area contributed by atoms with E-state index in [1.54, 1.807) is 25.0 Å². The Bertz CT molecular complexity index is 550. The zero-order valence-corrected chi connectivity index (χ0v) is 13.1. The fourth-order valence-electron chi connectivity index (χ4n) is 1.79. The van der Waals surface area contributed by atoms with Crippen LogP contribution in [0.3, 0.4) is 0 Å². The average molecular weight is 376 g/mol. The minimum absolute atomic E-state index is 0.630. The van der Waals surface area contributed by atoms with Crippen molar-refractivity contribution in [3.63, 3.8) is 0 Å². The quantitative estimate of drug-likeness (QED) is 0.896. The van der Waals surface area contributed by atoms with Gasteiger partial charge in [0, 0.05) is 17.1 Å². The van der Waals surface area contributed by atoms with E-state index in [-0.39, 0.29) is 0 Å². The summed E-state index contributed by atoms with van der Waals surface area (Å²) in [6.45, 7) is 0. The lowest BCUT2D eigenvalue weighted by Crippen LogP contribution is -2.08. The molecule has 4 nitrogen and oxygen atoms in total. The lowest BCUT2D eigenvalue weighted by atomic mass is 10.1. The van der Waals surface area contributed by atoms with Gasteiger partial charge in [0.1, 0.15) is 11.9 Å². The van der Waals surface area contributed by atoms with E-state index in [9.17, 15) is 5.11 Å². The highest BCUT2D eigenvalue weighted by Gasteiger charge is 2.21. The number of rotatable bonds is 3. The van der Waals surface area contributed by atoms with Crippen molar-refractivity contribution in [1.29, 1.82) is 0 Å². The standard InChI is InChI=1S/C12H12Br2N2O2/c1-16-11(9(14)6-15-16)12(17)8-4-3-7(13)5-10(8)18-2/h3-6,12,17H,1-2H3. The summed E-state index contributed by atoms with van der Waals surface area (Å²) in [5.74, 6) is 0.630. The summed E-state index contributed by atoms with van der Waals surface area (Å²) in [6, 6.07) is 5.52. The van der Waals surface area contributed by atoms with Crippen LogP contribution in [0.15, 0.2) is 33.3 Å². The van der Waals surface area contributed by atoms with Crippen LogP contribution < -0.4 is 4.74 Å². The van der Waals surface area contributed by atoms with Crippen LogP contribution in [0.4, 0.5) is 0 Å². The van der Waals surface area contributed by atoms with E-state index in [2.05, 4.69) is 37.0 Å². The molecule has 1 N–H and O–H groups in total. The first kappa shape index (κ1) is 13.6. The Morgan fingerprint density at radius 3 is 2.67 bits per heavy atom. The molecule has 1 aromatic heterocycles. The fraction of sp³-hybridized carbons (Fsp3) is 0.250. The second-order valence-electron chi connectivity index (χ2n) is 3.79. The predicted molar refractivity (Wildman–Crippen MR) is 75.7 cm³/mol. The Labute approximate surface area is 122 Å². The van der Waals surface area contributed by atoms with Crippen LogP contribution in [0, 0.1) is 0 Å². The van der Waals surface area contributed by atoms with Crippen LogP contribution in [-0.4, -0.2) is 22.0 Å². The number of methoxy groups -OCH3 is 1. The minimum Gasteiger partial charge on any atom is -0.496 e. The topological polar surface area (TPSA) is 47.3 Å². The van der Waals surface area contributed by atoms with Gasteiger partial charge in [-0.3, -0.25) is 4.68 Å². The molecule has 18 heavy (non-hydrogen) atoms. The van der Waals surface area contributed by atoms with E-state index in [4.69, 9.17) is 4.74 Å². The van der Waals surface area contributed by atoms with E-state index < -0.39 is 6.10 Å². The van der Waals surface area contributed by atoms with Crippen LogP contribution in [0.1, 0.15) is 17.4 Å². The second-order valence-corrected chi connectivity index (χ2v) is 5.56. The molecule has 0 aliphatic rings. The molecular formula is C12H12Br2N2O2. The number of hydrogen-bond donors (Lipinski definition) is 1. The van der Waals surface area contributed by atoms with Crippen molar-refractivity contribution < 1.29 is 9.84 Å². The fourth-order valence-corrected chi connectivity index (χ4v) is 2.69. The molecule has 0 fully saturated rings. The van der Waals surface area contributed by atoms with E-state index in [0.717, 1.165) is 8.95 Å². The number of aryl methyl sites for hydroxylation is 1. The van der Waals surface area contributed by atoms with Crippen LogP contribution in [0.2, 0.25) is 0 Å². The van der Waals surface area contributed by atoms with Crippen molar-refractivity contribution in [2.24, 2.45) is 7.05 Å². The van der Waals surface area contributed by atoms with Gasteiger partial charge in [0.05, 0.1) is 23.5 Å². The molecule has 0 spiro atoms. The van der Waals surface area contributed by atoms with E-state index in [1.807, 2.05) is 18.2 Å². The van der Waals surface area contributed by atoms with Gasteiger partial charge in [-0.1, -0.05) is 22.0 Å². The summed E-state index contributed by atoms with van der Waals surface area (Å²) >= 11 is 6.76. The number of aliphatic hydroxyl groups is 1. The van der Waals surface area contributed by atoms with Crippen molar-refractivity contribution in [3.05, 3.63) is 44.6 Å². The highest BCUT2D eigenvalue weighted by Crippen LogP contribution is 2.34. The zero-order valence-electron chi connectivity index (χ0n) is 9.89. The maximum atomic E-state index is 10.5. The monoisotopic (exact) mass is 374 g/mol. The molecule has 0 aliphatic carbocycles. The third-order valence-electron chi connectivity index (χ3n) is 2.69. The zero-order chi connectivity index (χ0) is 13.3. The van der Waals surface area contributed by atoms with Crippen LogP contribution >= 0.6 is 31.9 Å². The highest BCUT2D eigenvalue weighted by atomic mass is 79.9. The predicted octanol–water partition coefficient (Wildman–Crippen LogP) is 3.04. The number of ether oxygens (including phenoxy) is 1. The maximum Gasteiger partial charge on any atom is 0.126 e. The van der Waals surface area contributed by atoms with Crippen molar-refractivity contribution in [3.8, 4) is 5.75 Å². The maximum absolute atomic E-state index is 10.5. The number of aliphatic hydroxyl groups excluding tert-OH is 1. The van der Waals surface area contributed by atoms with E-state index in [1.165, 1.54) is 0 Å². The van der Waals surface area contributed by atoms with E-state index in [0.29, 0.717) is 17.0 Å². The Kier molecular flexibility index (Phi) is 4.09. The number of halogens is 2. The summed E-state index contributed by atoms with van der Waals surface area (Å²) in [4.78, 5) is 0. The van der Waals surface area contributed by atoms with Gasteiger partial charge in [-0.05, 0) is 28.1 Å². The Balaban J connectivity index is 2.49. The smallest absolute Gasteiger partial charge is 0.126 e. The molecule has 6 heteroatoms. The lowest BCUT2D eigenvalue weighted by molar-refractivity contribution is 0.204. The van der Waals surface area contributed by atoms with Crippen LogP contribution in [0.25, 0.3) is 0 Å². The summed E-state index contributed by atoms with van der Waals surface area (Å²) in [5, 5.41) is 14.6. The van der Waals surface area contributed by atoms with Crippen molar-refractivity contribution >= 4 is 31.9 Å². The molecule has 1 heterocycles. The average Bonchev–Trinajstić information content (AvgIpc) is 2.68. The second kappa shape index (κ2) is 5.42. The van der Waals surface area contributed by atoms with Gasteiger partial charge in [0.25, 0.3) is 0 Å². The Hall–Kier alpha value is -0.850. The molecule has 1 aromatic carbocycles. The molecule has 0 bridgehead atoms. The molecule has 1 unspecified atom stereocenters. The largest absolute Gasteiger partial charge is 0.496 e. The SMILES string of the molecule is COc1cc(Br)ccc1C(O)c1c(Br)cnn1C. The van der Waals surface area contributed by atoms with Gasteiger partial charge < -0.3 is 9.84 Å². The van der Waals surface area contributed by atoms with E-state index >= 15 is 0 Å². The van der Waals surface area contributed by atoms with Gasteiger partial charge in [0.15, 0.2) is 0 Å². The molecule has 2 rings (SSSR count). The molecule has 1 atom stereocenters. The summed E-state index contributed by atoms with van der Waals surface area (Å²) in [7, 11) is 3.37. The normalized spacial score (nSPS) is 12.5. The van der Waals surface area contributed by atoms with Gasteiger partial charge in [-0.15, -0.1) is 0 Å². The molecular weight excluding hydrogens is 364 g/mol. The van der Waals surface area contributed by atoms with Crippen molar-refractivity contribution in [2.75, 3.05) is 7.11 Å². The van der Waals surface area contributed by atoms with Crippen LogP contribution in [-0.2, 0) is 7.05 Å². The molecule has 96 valence electrons. The Morgan fingerprint density at radius 2 is 2.11 bits per heavy atom. The van der Waals surface area contributed by atoms with Gasteiger partial charge in [-0.2, -0.15) is 5.10 Å².